The van der Waals surface area contributed by atoms with Crippen LogP contribution in [0.25, 0.3) is 0 Å². The van der Waals surface area contributed by atoms with Crippen molar-refractivity contribution in [1.29, 1.82) is 5.26 Å². The third-order valence-corrected chi connectivity index (χ3v) is 5.22. The SMILES string of the molecule is COc1cccc(CN(C)[C@H]2CCN(c3sccc3C#N)C2=O)c1. The van der Waals surface area contributed by atoms with Gasteiger partial charge in [0.05, 0.1) is 18.7 Å². The van der Waals surface area contributed by atoms with Crippen LogP contribution in [-0.4, -0.2) is 37.6 Å². The third-order valence-electron chi connectivity index (χ3n) is 4.29. The lowest BCUT2D eigenvalue weighted by atomic mass is 10.1. The minimum atomic E-state index is -0.162. The van der Waals surface area contributed by atoms with Crippen molar-refractivity contribution in [2.24, 2.45) is 0 Å². The zero-order chi connectivity index (χ0) is 17.1. The lowest BCUT2D eigenvalue weighted by Crippen LogP contribution is -2.39. The van der Waals surface area contributed by atoms with Crippen LogP contribution in [0.4, 0.5) is 5.00 Å². The molecule has 0 bridgehead atoms. The van der Waals surface area contributed by atoms with Crippen LogP contribution in [0.5, 0.6) is 5.75 Å². The van der Waals surface area contributed by atoms with E-state index in [1.165, 1.54) is 11.3 Å². The molecule has 0 unspecified atom stereocenters. The van der Waals surface area contributed by atoms with E-state index < -0.39 is 0 Å². The van der Waals surface area contributed by atoms with Crippen molar-refractivity contribution < 1.29 is 9.53 Å². The second kappa shape index (κ2) is 7.04. The van der Waals surface area contributed by atoms with Gasteiger partial charge in [-0.1, -0.05) is 12.1 Å². The van der Waals surface area contributed by atoms with E-state index in [2.05, 4.69) is 11.0 Å². The number of methoxy groups -OCH3 is 1. The Kier molecular flexibility index (Phi) is 4.84. The highest BCUT2D eigenvalue weighted by molar-refractivity contribution is 7.14. The van der Waals surface area contributed by atoms with Gasteiger partial charge in [-0.05, 0) is 42.6 Å². The van der Waals surface area contributed by atoms with E-state index >= 15 is 0 Å². The fourth-order valence-electron chi connectivity index (χ4n) is 3.04. The van der Waals surface area contributed by atoms with Crippen LogP contribution in [-0.2, 0) is 11.3 Å². The topological polar surface area (TPSA) is 56.6 Å². The monoisotopic (exact) mass is 341 g/mol. The van der Waals surface area contributed by atoms with Gasteiger partial charge in [0.15, 0.2) is 0 Å². The summed E-state index contributed by atoms with van der Waals surface area (Å²) in [5.74, 6) is 0.886. The van der Waals surface area contributed by atoms with Crippen molar-refractivity contribution in [3.8, 4) is 11.8 Å². The predicted octanol–water partition coefficient (Wildman–Crippen LogP) is 2.87. The molecule has 0 aliphatic carbocycles. The molecule has 0 saturated carbocycles. The van der Waals surface area contributed by atoms with Gasteiger partial charge in [-0.3, -0.25) is 9.69 Å². The summed E-state index contributed by atoms with van der Waals surface area (Å²) < 4.78 is 5.25. The Morgan fingerprint density at radius 2 is 2.29 bits per heavy atom. The number of thiophene rings is 1. The Balaban J connectivity index is 1.71. The molecule has 1 saturated heterocycles. The average molecular weight is 341 g/mol. The van der Waals surface area contributed by atoms with Crippen LogP contribution < -0.4 is 9.64 Å². The number of ether oxygens (including phenoxy) is 1. The molecule has 1 amide bonds. The Labute approximate surface area is 145 Å². The normalized spacial score (nSPS) is 17.3. The largest absolute Gasteiger partial charge is 0.497 e. The van der Waals surface area contributed by atoms with Crippen molar-refractivity contribution in [2.45, 2.75) is 19.0 Å². The first kappa shape index (κ1) is 16.5. The number of benzene rings is 1. The smallest absolute Gasteiger partial charge is 0.245 e. The molecule has 0 radical (unpaired) electrons. The number of rotatable bonds is 5. The molecule has 1 aliphatic heterocycles. The van der Waals surface area contributed by atoms with Crippen LogP contribution in [0, 0.1) is 11.3 Å². The molecular formula is C18H19N3O2S. The van der Waals surface area contributed by atoms with Crippen LogP contribution in [0.3, 0.4) is 0 Å². The van der Waals surface area contributed by atoms with Crippen LogP contribution >= 0.6 is 11.3 Å². The third kappa shape index (κ3) is 3.14. The lowest BCUT2D eigenvalue weighted by Gasteiger charge is -2.23. The van der Waals surface area contributed by atoms with Gasteiger partial charge in [0.2, 0.25) is 5.91 Å². The molecule has 3 rings (SSSR count). The van der Waals surface area contributed by atoms with Gasteiger partial charge in [0.1, 0.15) is 16.8 Å². The molecule has 2 heterocycles. The molecule has 1 aromatic carbocycles. The van der Waals surface area contributed by atoms with Gasteiger partial charge in [-0.2, -0.15) is 5.26 Å². The minimum Gasteiger partial charge on any atom is -0.497 e. The van der Waals surface area contributed by atoms with E-state index in [4.69, 9.17) is 10.00 Å². The van der Waals surface area contributed by atoms with Gasteiger partial charge >= 0.3 is 0 Å². The zero-order valence-electron chi connectivity index (χ0n) is 13.7. The Hall–Kier alpha value is -2.36. The van der Waals surface area contributed by atoms with E-state index in [-0.39, 0.29) is 11.9 Å². The molecule has 0 spiro atoms. The van der Waals surface area contributed by atoms with Gasteiger partial charge < -0.3 is 9.64 Å². The van der Waals surface area contributed by atoms with Gasteiger partial charge in [-0.25, -0.2) is 0 Å². The number of hydrogen-bond donors (Lipinski definition) is 0. The standard InChI is InChI=1S/C18H19N3O2S/c1-20(12-13-4-3-5-15(10-13)23-2)16-6-8-21(17(16)22)18-14(11-19)7-9-24-18/h3-5,7,9-10,16H,6,8,12H2,1-2H3/t16-/m0/s1. The predicted molar refractivity (Wildman–Crippen MR) is 94.3 cm³/mol. The second-order valence-electron chi connectivity index (χ2n) is 5.81. The highest BCUT2D eigenvalue weighted by atomic mass is 32.1. The lowest BCUT2D eigenvalue weighted by molar-refractivity contribution is -0.121. The molecular weight excluding hydrogens is 322 g/mol. The minimum absolute atomic E-state index is 0.0688. The molecule has 6 heteroatoms. The molecule has 124 valence electrons. The number of likely N-dealkylation sites (N-methyl/N-ethyl adjacent to an activating group) is 1. The van der Waals surface area contributed by atoms with E-state index in [0.29, 0.717) is 18.7 Å². The molecule has 1 aromatic heterocycles. The molecule has 1 fully saturated rings. The Morgan fingerprint density at radius 1 is 1.46 bits per heavy atom. The first-order valence-electron chi connectivity index (χ1n) is 7.76. The highest BCUT2D eigenvalue weighted by Gasteiger charge is 2.36. The summed E-state index contributed by atoms with van der Waals surface area (Å²) in [4.78, 5) is 16.6. The van der Waals surface area contributed by atoms with Crippen LogP contribution in [0.1, 0.15) is 17.5 Å². The molecule has 1 atom stereocenters. The van der Waals surface area contributed by atoms with E-state index in [9.17, 15) is 4.79 Å². The first-order chi connectivity index (χ1) is 11.6. The summed E-state index contributed by atoms with van der Waals surface area (Å²) in [7, 11) is 3.61. The van der Waals surface area contributed by atoms with Crippen molar-refractivity contribution in [3.05, 3.63) is 46.8 Å². The van der Waals surface area contributed by atoms with Crippen molar-refractivity contribution in [3.63, 3.8) is 0 Å². The molecule has 0 N–H and O–H groups in total. The summed E-state index contributed by atoms with van der Waals surface area (Å²) in [6, 6.07) is 11.6. The van der Waals surface area contributed by atoms with Crippen molar-refractivity contribution >= 4 is 22.2 Å². The summed E-state index contributed by atoms with van der Waals surface area (Å²) in [6.07, 6.45) is 0.766. The number of anilines is 1. The number of carbonyl (C=O) groups is 1. The van der Waals surface area contributed by atoms with E-state index in [1.807, 2.05) is 36.7 Å². The number of hydrogen-bond acceptors (Lipinski definition) is 5. The second-order valence-corrected chi connectivity index (χ2v) is 6.71. The van der Waals surface area contributed by atoms with E-state index in [0.717, 1.165) is 22.7 Å². The van der Waals surface area contributed by atoms with Crippen LogP contribution in [0.2, 0.25) is 0 Å². The molecule has 1 aliphatic rings. The summed E-state index contributed by atoms with van der Waals surface area (Å²) in [5.41, 5.74) is 1.68. The molecule has 24 heavy (non-hydrogen) atoms. The van der Waals surface area contributed by atoms with Crippen LogP contribution in [0.15, 0.2) is 35.7 Å². The number of amides is 1. The van der Waals surface area contributed by atoms with E-state index in [1.54, 1.807) is 18.1 Å². The fraction of sp³-hybridized carbons (Fsp3) is 0.333. The summed E-state index contributed by atoms with van der Waals surface area (Å²) in [5, 5.41) is 11.8. The molecule has 5 nitrogen and oxygen atoms in total. The number of nitrogens with zero attached hydrogens (tertiary/aromatic N) is 3. The maximum atomic E-state index is 12.8. The fourth-order valence-corrected chi connectivity index (χ4v) is 3.92. The maximum absolute atomic E-state index is 12.8. The summed E-state index contributed by atoms with van der Waals surface area (Å²) >= 11 is 1.45. The molecule has 2 aromatic rings. The van der Waals surface area contributed by atoms with Gasteiger partial charge in [0.25, 0.3) is 0 Å². The average Bonchev–Trinajstić information content (AvgIpc) is 3.20. The maximum Gasteiger partial charge on any atom is 0.245 e. The zero-order valence-corrected chi connectivity index (χ0v) is 14.5. The number of carbonyl (C=O) groups excluding carboxylic acids is 1. The number of nitriles is 1. The summed E-state index contributed by atoms with van der Waals surface area (Å²) in [6.45, 7) is 1.33. The Morgan fingerprint density at radius 3 is 3.04 bits per heavy atom. The highest BCUT2D eigenvalue weighted by Crippen LogP contribution is 2.32. The Bertz CT molecular complexity index is 781. The first-order valence-corrected chi connectivity index (χ1v) is 8.64. The van der Waals surface area contributed by atoms with Gasteiger partial charge in [0, 0.05) is 13.1 Å². The van der Waals surface area contributed by atoms with Gasteiger partial charge in [-0.15, -0.1) is 11.3 Å². The van der Waals surface area contributed by atoms with Crippen molar-refractivity contribution in [2.75, 3.05) is 25.6 Å². The van der Waals surface area contributed by atoms with Crippen molar-refractivity contribution in [1.82, 2.24) is 4.90 Å². The quantitative estimate of drug-likeness (QED) is 0.839.